The van der Waals surface area contributed by atoms with Crippen LogP contribution in [0.4, 0.5) is 5.82 Å². The Morgan fingerprint density at radius 1 is 1.40 bits per heavy atom. The Morgan fingerprint density at radius 2 is 2.20 bits per heavy atom. The maximum absolute atomic E-state index is 4.51. The van der Waals surface area contributed by atoms with Crippen molar-refractivity contribution in [2.24, 2.45) is 0 Å². The zero-order valence-corrected chi connectivity index (χ0v) is 9.16. The molecule has 0 amide bonds. The average Bonchev–Trinajstić information content (AvgIpc) is 2.31. The molecule has 0 atom stereocenters. The molecule has 1 aliphatic heterocycles. The number of hydrogen-bond acceptors (Lipinski definition) is 4. The van der Waals surface area contributed by atoms with Crippen molar-refractivity contribution >= 4 is 5.82 Å². The Kier molecular flexibility index (Phi) is 3.53. The summed E-state index contributed by atoms with van der Waals surface area (Å²) in [6.07, 6.45) is 0. The molecule has 1 aromatic rings. The van der Waals surface area contributed by atoms with E-state index in [0.29, 0.717) is 0 Å². The highest BCUT2D eigenvalue weighted by Gasteiger charge is 2.10. The first-order chi connectivity index (χ1) is 7.38. The smallest absolute Gasteiger partial charge is 0.126 e. The largest absolute Gasteiger partial charge is 0.373 e. The van der Waals surface area contributed by atoms with Crippen LogP contribution in [0.25, 0.3) is 0 Å². The first-order valence-electron chi connectivity index (χ1n) is 5.45. The van der Waals surface area contributed by atoms with Crippen LogP contribution in [0.3, 0.4) is 0 Å². The van der Waals surface area contributed by atoms with Crippen LogP contribution >= 0.6 is 0 Å². The van der Waals surface area contributed by atoms with Gasteiger partial charge in [0.25, 0.3) is 0 Å². The van der Waals surface area contributed by atoms with Crippen molar-refractivity contribution in [1.82, 2.24) is 15.2 Å². The molecule has 4 nitrogen and oxygen atoms in total. The number of nitrogens with zero attached hydrogens (tertiary/aromatic N) is 2. The quantitative estimate of drug-likeness (QED) is 0.757. The summed E-state index contributed by atoms with van der Waals surface area (Å²) in [4.78, 5) is 6.94. The van der Waals surface area contributed by atoms with Crippen LogP contribution in [-0.2, 0) is 6.54 Å². The zero-order chi connectivity index (χ0) is 10.5. The highest BCUT2D eigenvalue weighted by atomic mass is 15.2. The molecule has 0 radical (unpaired) electrons. The van der Waals surface area contributed by atoms with Crippen LogP contribution < -0.4 is 10.6 Å². The van der Waals surface area contributed by atoms with Crippen LogP contribution in [0.2, 0.25) is 0 Å². The van der Waals surface area contributed by atoms with E-state index in [9.17, 15) is 0 Å². The molecule has 2 N–H and O–H groups in total. The molecule has 15 heavy (non-hydrogen) atoms. The highest BCUT2D eigenvalue weighted by molar-refractivity contribution is 5.34. The van der Waals surface area contributed by atoms with E-state index in [1.54, 1.807) is 0 Å². The van der Waals surface area contributed by atoms with Gasteiger partial charge >= 0.3 is 0 Å². The third-order valence-corrected chi connectivity index (χ3v) is 2.66. The van der Waals surface area contributed by atoms with Gasteiger partial charge in [-0.05, 0) is 12.1 Å². The molecule has 0 bridgehead atoms. The van der Waals surface area contributed by atoms with Crippen molar-refractivity contribution in [2.45, 2.75) is 6.54 Å². The van der Waals surface area contributed by atoms with Gasteiger partial charge in [0.2, 0.25) is 0 Å². The molecule has 0 unspecified atom stereocenters. The van der Waals surface area contributed by atoms with Crippen molar-refractivity contribution in [1.29, 1.82) is 0 Å². The molecular formula is C11H18N4. The molecule has 0 aromatic carbocycles. The van der Waals surface area contributed by atoms with Crippen LogP contribution in [-0.4, -0.2) is 43.1 Å². The fourth-order valence-electron chi connectivity index (χ4n) is 1.81. The second kappa shape index (κ2) is 5.09. The number of rotatable bonds is 3. The van der Waals surface area contributed by atoms with Gasteiger partial charge in [0.15, 0.2) is 0 Å². The normalized spacial score (nSPS) is 17.7. The fraction of sp³-hybridized carbons (Fsp3) is 0.545. The van der Waals surface area contributed by atoms with Crippen LogP contribution in [0.15, 0.2) is 18.2 Å². The van der Waals surface area contributed by atoms with E-state index in [1.807, 2.05) is 13.1 Å². The molecule has 1 aliphatic rings. The molecule has 2 heterocycles. The van der Waals surface area contributed by atoms with E-state index in [1.165, 1.54) is 0 Å². The van der Waals surface area contributed by atoms with Gasteiger partial charge in [0.1, 0.15) is 5.82 Å². The number of hydrogen-bond donors (Lipinski definition) is 2. The Labute approximate surface area is 90.7 Å². The minimum Gasteiger partial charge on any atom is -0.373 e. The van der Waals surface area contributed by atoms with Gasteiger partial charge in [-0.1, -0.05) is 6.07 Å². The lowest BCUT2D eigenvalue weighted by molar-refractivity contribution is 0.231. The Morgan fingerprint density at radius 3 is 2.93 bits per heavy atom. The van der Waals surface area contributed by atoms with Gasteiger partial charge < -0.3 is 10.6 Å². The fourth-order valence-corrected chi connectivity index (χ4v) is 1.81. The van der Waals surface area contributed by atoms with Gasteiger partial charge in [0.05, 0.1) is 5.69 Å². The molecular weight excluding hydrogens is 188 g/mol. The number of piperazine rings is 1. The maximum Gasteiger partial charge on any atom is 0.126 e. The first-order valence-corrected chi connectivity index (χ1v) is 5.45. The van der Waals surface area contributed by atoms with Crippen molar-refractivity contribution < 1.29 is 0 Å². The second-order valence-corrected chi connectivity index (χ2v) is 3.79. The number of nitrogens with one attached hydrogen (secondary N) is 2. The zero-order valence-electron chi connectivity index (χ0n) is 9.16. The lowest BCUT2D eigenvalue weighted by Crippen LogP contribution is -2.43. The van der Waals surface area contributed by atoms with Crippen LogP contribution in [0.1, 0.15) is 5.69 Å². The SMILES string of the molecule is CNc1cccc(CN2CCNCC2)n1. The monoisotopic (exact) mass is 206 g/mol. The van der Waals surface area contributed by atoms with Gasteiger partial charge in [0, 0.05) is 39.8 Å². The molecule has 0 saturated carbocycles. The second-order valence-electron chi connectivity index (χ2n) is 3.79. The van der Waals surface area contributed by atoms with E-state index in [2.05, 4.69) is 32.7 Å². The predicted molar refractivity (Wildman–Crippen MR) is 61.9 cm³/mol. The van der Waals surface area contributed by atoms with E-state index in [0.717, 1.165) is 44.2 Å². The summed E-state index contributed by atoms with van der Waals surface area (Å²) in [6.45, 7) is 5.37. The summed E-state index contributed by atoms with van der Waals surface area (Å²) >= 11 is 0. The molecule has 2 rings (SSSR count). The van der Waals surface area contributed by atoms with Gasteiger partial charge in [-0.15, -0.1) is 0 Å². The van der Waals surface area contributed by atoms with E-state index < -0.39 is 0 Å². The summed E-state index contributed by atoms with van der Waals surface area (Å²) in [5.41, 5.74) is 1.14. The van der Waals surface area contributed by atoms with Crippen molar-refractivity contribution in [3.8, 4) is 0 Å². The standard InChI is InChI=1S/C11H18N4/c1-12-11-4-2-3-10(14-11)9-15-7-5-13-6-8-15/h2-4,13H,5-9H2,1H3,(H,12,14). The maximum atomic E-state index is 4.51. The molecule has 0 aliphatic carbocycles. The Hall–Kier alpha value is -1.13. The van der Waals surface area contributed by atoms with Crippen molar-refractivity contribution in [2.75, 3.05) is 38.5 Å². The highest BCUT2D eigenvalue weighted by Crippen LogP contribution is 2.07. The number of anilines is 1. The third-order valence-electron chi connectivity index (χ3n) is 2.66. The molecule has 1 aromatic heterocycles. The third kappa shape index (κ3) is 2.91. The summed E-state index contributed by atoms with van der Waals surface area (Å²) < 4.78 is 0. The molecule has 4 heteroatoms. The summed E-state index contributed by atoms with van der Waals surface area (Å²) in [7, 11) is 1.90. The van der Waals surface area contributed by atoms with Crippen molar-refractivity contribution in [3.05, 3.63) is 23.9 Å². The van der Waals surface area contributed by atoms with E-state index in [-0.39, 0.29) is 0 Å². The van der Waals surface area contributed by atoms with Crippen LogP contribution in [0, 0.1) is 0 Å². The molecule has 1 saturated heterocycles. The minimum absolute atomic E-state index is 0.947. The summed E-state index contributed by atoms with van der Waals surface area (Å²) in [6, 6.07) is 6.13. The lowest BCUT2D eigenvalue weighted by atomic mass is 10.3. The lowest BCUT2D eigenvalue weighted by Gasteiger charge is -2.26. The topological polar surface area (TPSA) is 40.2 Å². The average molecular weight is 206 g/mol. The number of pyridine rings is 1. The molecule has 82 valence electrons. The summed E-state index contributed by atoms with van der Waals surface area (Å²) in [5, 5.41) is 6.41. The Bertz CT molecular complexity index is 307. The van der Waals surface area contributed by atoms with Gasteiger partial charge in [-0.3, -0.25) is 4.90 Å². The first kappa shape index (κ1) is 10.4. The predicted octanol–water partition coefficient (Wildman–Crippen LogP) is 0.528. The minimum atomic E-state index is 0.947. The Balaban J connectivity index is 1.96. The number of aromatic nitrogens is 1. The summed E-state index contributed by atoms with van der Waals surface area (Å²) in [5.74, 6) is 0.947. The molecule has 1 fully saturated rings. The van der Waals surface area contributed by atoms with Crippen molar-refractivity contribution in [3.63, 3.8) is 0 Å². The van der Waals surface area contributed by atoms with E-state index in [4.69, 9.17) is 0 Å². The van der Waals surface area contributed by atoms with Gasteiger partial charge in [-0.25, -0.2) is 4.98 Å². The van der Waals surface area contributed by atoms with Gasteiger partial charge in [-0.2, -0.15) is 0 Å². The van der Waals surface area contributed by atoms with Crippen LogP contribution in [0.5, 0.6) is 0 Å². The van der Waals surface area contributed by atoms with E-state index >= 15 is 0 Å². The molecule has 0 spiro atoms.